The van der Waals surface area contributed by atoms with E-state index < -0.39 is 42.0 Å². The van der Waals surface area contributed by atoms with Gasteiger partial charge in [0.1, 0.15) is 35.4 Å². The summed E-state index contributed by atoms with van der Waals surface area (Å²) in [4.78, 5) is 52.1. The lowest BCUT2D eigenvalue weighted by Gasteiger charge is -2.25. The van der Waals surface area contributed by atoms with Crippen molar-refractivity contribution in [3.8, 4) is 17.2 Å². The quantitative estimate of drug-likeness (QED) is 0.320. The topological polar surface area (TPSA) is 166 Å². The molecule has 11 heteroatoms. The average Bonchev–Trinajstić information content (AvgIpc) is 3.41. The molecule has 0 spiro atoms. The number of fused-ring (bicyclic) bond motifs is 11. The third kappa shape index (κ3) is 7.05. The van der Waals surface area contributed by atoms with Crippen molar-refractivity contribution >= 4 is 23.6 Å². The van der Waals surface area contributed by atoms with Gasteiger partial charge in [-0.1, -0.05) is 25.0 Å². The number of ether oxygens (including phenoxy) is 1. The smallest absolute Gasteiger partial charge is 0.255 e. The van der Waals surface area contributed by atoms with Crippen LogP contribution in [0.3, 0.4) is 0 Å². The summed E-state index contributed by atoms with van der Waals surface area (Å²) in [5.41, 5.74) is 0.609. The Hall–Kier alpha value is -4.12. The lowest BCUT2D eigenvalue weighted by Crippen LogP contribution is -2.58. The van der Waals surface area contributed by atoms with Gasteiger partial charge >= 0.3 is 0 Å². The fourth-order valence-electron chi connectivity index (χ4n) is 4.70. The molecule has 1 saturated carbocycles. The van der Waals surface area contributed by atoms with E-state index in [2.05, 4.69) is 21.3 Å². The molecule has 0 aromatic heterocycles. The van der Waals surface area contributed by atoms with Crippen LogP contribution in [0.2, 0.25) is 0 Å². The molecule has 39 heavy (non-hydrogen) atoms. The molecular formula is C28H34N4O7. The van der Waals surface area contributed by atoms with E-state index in [1.807, 2.05) is 0 Å². The van der Waals surface area contributed by atoms with E-state index in [0.717, 1.165) is 31.2 Å². The Bertz CT molecular complexity index is 1220. The van der Waals surface area contributed by atoms with Gasteiger partial charge in [-0.25, -0.2) is 0 Å². The van der Waals surface area contributed by atoms with Crippen LogP contribution in [0.15, 0.2) is 42.5 Å². The van der Waals surface area contributed by atoms with Crippen LogP contribution in [0, 0.1) is 0 Å². The number of phenols is 1. The van der Waals surface area contributed by atoms with E-state index in [1.54, 1.807) is 24.3 Å². The van der Waals surface area contributed by atoms with Crippen LogP contribution in [0.5, 0.6) is 17.2 Å². The van der Waals surface area contributed by atoms with Crippen molar-refractivity contribution in [3.05, 3.63) is 53.6 Å². The van der Waals surface area contributed by atoms with E-state index in [0.29, 0.717) is 5.75 Å². The van der Waals surface area contributed by atoms with Crippen LogP contribution >= 0.6 is 0 Å². The zero-order chi connectivity index (χ0) is 28.1. The van der Waals surface area contributed by atoms with Crippen molar-refractivity contribution in [2.45, 2.75) is 76.2 Å². The van der Waals surface area contributed by atoms with Gasteiger partial charge < -0.3 is 36.2 Å². The van der Waals surface area contributed by atoms with Crippen molar-refractivity contribution in [3.63, 3.8) is 0 Å². The first kappa shape index (κ1) is 27.9. The normalized spacial score (nSPS) is 23.5. The highest BCUT2D eigenvalue weighted by Crippen LogP contribution is 2.28. The minimum Gasteiger partial charge on any atom is -0.507 e. The number of amides is 4. The number of rotatable bonds is 3. The van der Waals surface area contributed by atoms with Gasteiger partial charge in [0, 0.05) is 12.5 Å². The molecule has 2 aromatic carbocycles. The van der Waals surface area contributed by atoms with Gasteiger partial charge in [0.2, 0.25) is 17.7 Å². The molecule has 6 N–H and O–H groups in total. The second kappa shape index (κ2) is 12.2. The summed E-state index contributed by atoms with van der Waals surface area (Å²) >= 11 is 0. The summed E-state index contributed by atoms with van der Waals surface area (Å²) in [6, 6.07) is 7.68. The van der Waals surface area contributed by atoms with E-state index in [1.165, 1.54) is 32.0 Å². The number of nitrogens with one attached hydrogen (secondary N) is 4. The van der Waals surface area contributed by atoms with Gasteiger partial charge in [-0.15, -0.1) is 0 Å². The molecule has 2 aliphatic heterocycles. The van der Waals surface area contributed by atoms with Crippen molar-refractivity contribution in [2.75, 3.05) is 0 Å². The predicted octanol–water partition coefficient (Wildman–Crippen LogP) is 1.27. The molecular weight excluding hydrogens is 504 g/mol. The van der Waals surface area contributed by atoms with E-state index in [9.17, 15) is 29.4 Å². The summed E-state index contributed by atoms with van der Waals surface area (Å²) in [6.45, 7) is 2.76. The lowest BCUT2D eigenvalue weighted by atomic mass is 10.0. The second-order valence-corrected chi connectivity index (χ2v) is 10.1. The fraction of sp³-hybridized carbons (Fsp3) is 0.429. The Morgan fingerprint density at radius 1 is 0.974 bits per heavy atom. The number of benzene rings is 2. The molecule has 0 saturated heterocycles. The maximum absolute atomic E-state index is 13.2. The molecule has 11 nitrogen and oxygen atoms in total. The molecule has 0 unspecified atom stereocenters. The molecule has 4 amide bonds. The average molecular weight is 539 g/mol. The number of aliphatic hydroxyl groups is 1. The van der Waals surface area contributed by atoms with Gasteiger partial charge in [0.25, 0.3) is 5.91 Å². The fourth-order valence-corrected chi connectivity index (χ4v) is 4.70. The summed E-state index contributed by atoms with van der Waals surface area (Å²) < 4.78 is 5.84. The number of hydrogen-bond donors (Lipinski definition) is 6. The Morgan fingerprint density at radius 3 is 2.31 bits per heavy atom. The van der Waals surface area contributed by atoms with Crippen molar-refractivity contribution < 1.29 is 34.1 Å². The van der Waals surface area contributed by atoms with Gasteiger partial charge in [-0.2, -0.15) is 0 Å². The minimum atomic E-state index is -1.43. The molecule has 208 valence electrons. The predicted molar refractivity (Wildman–Crippen MR) is 141 cm³/mol. The molecule has 2 heterocycles. The van der Waals surface area contributed by atoms with Crippen LogP contribution in [-0.2, 0) is 20.8 Å². The van der Waals surface area contributed by atoms with Crippen LogP contribution in [0.25, 0.3) is 0 Å². The molecule has 1 aliphatic carbocycles. The van der Waals surface area contributed by atoms with Crippen molar-refractivity contribution in [2.24, 2.45) is 0 Å². The first-order valence-electron chi connectivity index (χ1n) is 13.1. The molecule has 0 radical (unpaired) electrons. The third-order valence-electron chi connectivity index (χ3n) is 6.95. The SMILES string of the molecule is C[C@@H]1NC(=O)[C@H]([C@@H](C)O)NC(=O)c2cc(ccc2O)Oc2ccc(cc2)C[C@@H](C(=O)NC2CCCC2)NC1=O. The third-order valence-corrected chi connectivity index (χ3v) is 6.95. The Kier molecular flexibility index (Phi) is 8.70. The number of hydrogen-bond acceptors (Lipinski definition) is 7. The Balaban J connectivity index is 1.66. The number of aliphatic hydroxyl groups excluding tert-OH is 1. The second-order valence-electron chi connectivity index (χ2n) is 10.1. The highest BCUT2D eigenvalue weighted by molar-refractivity contribution is 6.00. The minimum absolute atomic E-state index is 0.0564. The van der Waals surface area contributed by atoms with Crippen LogP contribution < -0.4 is 26.0 Å². The summed E-state index contributed by atoms with van der Waals surface area (Å²) in [6.07, 6.45) is 2.74. The van der Waals surface area contributed by atoms with Crippen LogP contribution in [0.1, 0.15) is 55.5 Å². The van der Waals surface area contributed by atoms with Crippen molar-refractivity contribution in [1.29, 1.82) is 0 Å². The number of carbonyl (C=O) groups excluding carboxylic acids is 4. The maximum Gasteiger partial charge on any atom is 0.255 e. The zero-order valence-electron chi connectivity index (χ0n) is 21.9. The Labute approximate surface area is 226 Å². The zero-order valence-corrected chi connectivity index (χ0v) is 21.9. The number of phenolic OH excluding ortho intramolecular Hbond substituents is 1. The first-order chi connectivity index (χ1) is 18.6. The molecule has 4 atom stereocenters. The van der Waals surface area contributed by atoms with Crippen LogP contribution in [-0.4, -0.2) is 64.1 Å². The maximum atomic E-state index is 13.2. The molecule has 1 fully saturated rings. The van der Waals surface area contributed by atoms with Gasteiger partial charge in [-0.3, -0.25) is 19.2 Å². The molecule has 4 bridgehead atoms. The summed E-state index contributed by atoms with van der Waals surface area (Å²) in [7, 11) is 0. The summed E-state index contributed by atoms with van der Waals surface area (Å²) in [5.74, 6) is -2.18. The first-order valence-corrected chi connectivity index (χ1v) is 13.1. The van der Waals surface area contributed by atoms with E-state index in [4.69, 9.17) is 4.74 Å². The van der Waals surface area contributed by atoms with Crippen molar-refractivity contribution in [1.82, 2.24) is 21.3 Å². The van der Waals surface area contributed by atoms with Gasteiger partial charge in [0.05, 0.1) is 11.7 Å². The summed E-state index contributed by atoms with van der Waals surface area (Å²) in [5, 5.41) is 31.1. The van der Waals surface area contributed by atoms with Crippen LogP contribution in [0.4, 0.5) is 0 Å². The standard InChI is InChI=1S/C28H34N4O7/c1-15-25(35)31-22(27(37)30-18-5-3-4-6-18)13-17-7-9-19(10-8-17)39-20-11-12-23(34)21(14-20)26(36)32-24(16(2)33)28(38)29-15/h7-12,14-16,18,22,24,33-34H,3-6,13H2,1-2H3,(H,29,38)(H,30,37)(H,31,35)(H,32,36)/t15-,16+,22-,24-/m0/s1. The molecule has 3 aliphatic rings. The van der Waals surface area contributed by atoms with Gasteiger partial charge in [-0.05, 0) is 62.6 Å². The Morgan fingerprint density at radius 2 is 1.64 bits per heavy atom. The van der Waals surface area contributed by atoms with E-state index in [-0.39, 0.29) is 35.4 Å². The molecule has 2 aromatic rings. The number of aromatic hydroxyl groups is 1. The highest BCUT2D eigenvalue weighted by atomic mass is 16.5. The highest BCUT2D eigenvalue weighted by Gasteiger charge is 2.31. The molecule has 5 rings (SSSR count). The lowest BCUT2D eigenvalue weighted by molar-refractivity contribution is -0.133. The monoisotopic (exact) mass is 538 g/mol. The largest absolute Gasteiger partial charge is 0.507 e. The van der Waals surface area contributed by atoms with E-state index >= 15 is 0 Å². The van der Waals surface area contributed by atoms with Gasteiger partial charge in [0.15, 0.2) is 0 Å². The number of carbonyl (C=O) groups is 4.